The summed E-state index contributed by atoms with van der Waals surface area (Å²) in [5.74, 6) is -1.93. The van der Waals surface area contributed by atoms with Gasteiger partial charge in [0.15, 0.2) is 0 Å². The lowest BCUT2D eigenvalue weighted by Gasteiger charge is -2.29. The third-order valence-corrected chi connectivity index (χ3v) is 3.42. The van der Waals surface area contributed by atoms with E-state index in [-0.39, 0.29) is 18.7 Å². The van der Waals surface area contributed by atoms with Crippen LogP contribution in [-0.2, 0) is 4.79 Å². The van der Waals surface area contributed by atoms with Crippen molar-refractivity contribution in [3.63, 3.8) is 0 Å². The van der Waals surface area contributed by atoms with Gasteiger partial charge in [-0.2, -0.15) is 13.2 Å². The molecule has 1 saturated carbocycles. The molecule has 0 aliphatic heterocycles. The Bertz CT molecular complexity index is 433. The molecule has 1 aliphatic rings. The second-order valence-corrected chi connectivity index (χ2v) is 4.81. The molecule has 2 rings (SSSR count). The van der Waals surface area contributed by atoms with Crippen LogP contribution >= 0.6 is 0 Å². The summed E-state index contributed by atoms with van der Waals surface area (Å²) < 4.78 is 38.0. The SMILES string of the molecule is O=C(Nc1ccccn1)[C@@H]1CCC[C@@H](C(F)(F)F)C1. The number of halogens is 3. The van der Waals surface area contributed by atoms with Gasteiger partial charge < -0.3 is 5.32 Å². The van der Waals surface area contributed by atoms with E-state index in [1.54, 1.807) is 18.2 Å². The van der Waals surface area contributed by atoms with E-state index in [0.29, 0.717) is 18.7 Å². The topological polar surface area (TPSA) is 42.0 Å². The molecule has 19 heavy (non-hydrogen) atoms. The number of nitrogens with one attached hydrogen (secondary N) is 1. The van der Waals surface area contributed by atoms with Crippen molar-refractivity contribution in [2.75, 3.05) is 5.32 Å². The van der Waals surface area contributed by atoms with Crippen molar-refractivity contribution in [3.05, 3.63) is 24.4 Å². The minimum absolute atomic E-state index is 0.122. The Morgan fingerprint density at radius 2 is 2.11 bits per heavy atom. The molecule has 6 heteroatoms. The molecule has 3 nitrogen and oxygen atoms in total. The lowest BCUT2D eigenvalue weighted by Crippen LogP contribution is -2.34. The fourth-order valence-electron chi connectivity index (χ4n) is 2.39. The van der Waals surface area contributed by atoms with Crippen molar-refractivity contribution < 1.29 is 18.0 Å². The van der Waals surface area contributed by atoms with Crippen LogP contribution in [0.25, 0.3) is 0 Å². The number of nitrogens with zero attached hydrogens (tertiary/aromatic N) is 1. The average molecular weight is 272 g/mol. The summed E-state index contributed by atoms with van der Waals surface area (Å²) in [6.07, 6.45) is -1.74. The predicted molar refractivity (Wildman–Crippen MR) is 64.4 cm³/mol. The Hall–Kier alpha value is -1.59. The zero-order chi connectivity index (χ0) is 13.9. The van der Waals surface area contributed by atoms with Crippen molar-refractivity contribution in [2.45, 2.75) is 31.9 Å². The van der Waals surface area contributed by atoms with E-state index < -0.39 is 18.0 Å². The summed E-state index contributed by atoms with van der Waals surface area (Å²) in [4.78, 5) is 15.8. The number of pyridine rings is 1. The highest BCUT2D eigenvalue weighted by Crippen LogP contribution is 2.40. The van der Waals surface area contributed by atoms with Gasteiger partial charge in [0.2, 0.25) is 5.91 Å². The minimum atomic E-state index is -4.20. The van der Waals surface area contributed by atoms with Crippen LogP contribution in [-0.4, -0.2) is 17.1 Å². The number of alkyl halides is 3. The molecule has 2 atom stereocenters. The molecule has 104 valence electrons. The lowest BCUT2D eigenvalue weighted by molar-refractivity contribution is -0.185. The van der Waals surface area contributed by atoms with Gasteiger partial charge in [-0.1, -0.05) is 12.5 Å². The summed E-state index contributed by atoms with van der Waals surface area (Å²) in [6.45, 7) is 0. The van der Waals surface area contributed by atoms with Crippen LogP contribution in [0.1, 0.15) is 25.7 Å². The maximum absolute atomic E-state index is 12.7. The highest BCUT2D eigenvalue weighted by atomic mass is 19.4. The first kappa shape index (κ1) is 13.8. The Kier molecular flexibility index (Phi) is 4.07. The summed E-state index contributed by atoms with van der Waals surface area (Å²) in [5.41, 5.74) is 0. The second-order valence-electron chi connectivity index (χ2n) is 4.81. The van der Waals surface area contributed by atoms with Gasteiger partial charge in [-0.05, 0) is 31.4 Å². The van der Waals surface area contributed by atoms with Crippen LogP contribution in [0.2, 0.25) is 0 Å². The predicted octanol–water partition coefficient (Wildman–Crippen LogP) is 3.39. The van der Waals surface area contributed by atoms with E-state index in [1.807, 2.05) is 0 Å². The molecule has 0 spiro atoms. The third-order valence-electron chi connectivity index (χ3n) is 3.42. The molecule has 1 aromatic heterocycles. The number of rotatable bonds is 2. The molecule has 1 aromatic rings. The highest BCUT2D eigenvalue weighted by molar-refractivity contribution is 5.91. The summed E-state index contributed by atoms with van der Waals surface area (Å²) in [7, 11) is 0. The van der Waals surface area contributed by atoms with Crippen molar-refractivity contribution in [2.24, 2.45) is 11.8 Å². The molecular weight excluding hydrogens is 257 g/mol. The van der Waals surface area contributed by atoms with E-state index >= 15 is 0 Å². The van der Waals surface area contributed by atoms with Gasteiger partial charge in [-0.15, -0.1) is 0 Å². The highest BCUT2D eigenvalue weighted by Gasteiger charge is 2.43. The minimum Gasteiger partial charge on any atom is -0.310 e. The van der Waals surface area contributed by atoms with E-state index in [9.17, 15) is 18.0 Å². The lowest BCUT2D eigenvalue weighted by atomic mass is 9.80. The number of anilines is 1. The van der Waals surface area contributed by atoms with Crippen molar-refractivity contribution in [1.29, 1.82) is 0 Å². The Morgan fingerprint density at radius 3 is 2.74 bits per heavy atom. The Balaban J connectivity index is 1.96. The number of hydrogen-bond acceptors (Lipinski definition) is 2. The van der Waals surface area contributed by atoms with Gasteiger partial charge in [0.1, 0.15) is 5.82 Å². The molecule has 0 unspecified atom stereocenters. The molecule has 1 heterocycles. The van der Waals surface area contributed by atoms with Gasteiger partial charge in [0, 0.05) is 12.1 Å². The first-order valence-electron chi connectivity index (χ1n) is 6.25. The van der Waals surface area contributed by atoms with E-state index in [2.05, 4.69) is 10.3 Å². The second kappa shape index (κ2) is 5.59. The van der Waals surface area contributed by atoms with Gasteiger partial charge in [-0.25, -0.2) is 4.98 Å². The van der Waals surface area contributed by atoms with Crippen LogP contribution in [0.4, 0.5) is 19.0 Å². The number of amides is 1. The monoisotopic (exact) mass is 272 g/mol. The average Bonchev–Trinajstić information content (AvgIpc) is 2.39. The number of hydrogen-bond donors (Lipinski definition) is 1. The molecule has 1 fully saturated rings. The molecular formula is C13H15F3N2O. The van der Waals surface area contributed by atoms with Crippen molar-refractivity contribution in [3.8, 4) is 0 Å². The Morgan fingerprint density at radius 1 is 1.32 bits per heavy atom. The number of carbonyl (C=O) groups excluding carboxylic acids is 1. The van der Waals surface area contributed by atoms with Crippen molar-refractivity contribution >= 4 is 11.7 Å². The van der Waals surface area contributed by atoms with E-state index in [4.69, 9.17) is 0 Å². The fraction of sp³-hybridized carbons (Fsp3) is 0.538. The zero-order valence-electron chi connectivity index (χ0n) is 10.3. The smallest absolute Gasteiger partial charge is 0.310 e. The molecule has 1 amide bonds. The first-order chi connectivity index (χ1) is 8.97. The quantitative estimate of drug-likeness (QED) is 0.896. The van der Waals surface area contributed by atoms with Gasteiger partial charge in [0.25, 0.3) is 0 Å². The van der Waals surface area contributed by atoms with Crippen molar-refractivity contribution in [1.82, 2.24) is 4.98 Å². The Labute approximate surface area is 109 Å². The summed E-state index contributed by atoms with van der Waals surface area (Å²) >= 11 is 0. The molecule has 0 saturated heterocycles. The first-order valence-corrected chi connectivity index (χ1v) is 6.25. The maximum Gasteiger partial charge on any atom is 0.391 e. The zero-order valence-corrected chi connectivity index (χ0v) is 10.3. The van der Waals surface area contributed by atoms with E-state index in [1.165, 1.54) is 6.20 Å². The molecule has 1 aliphatic carbocycles. The standard InChI is InChI=1S/C13H15F3N2O/c14-13(15,16)10-5-3-4-9(8-10)12(19)18-11-6-1-2-7-17-11/h1-2,6-7,9-10H,3-5,8H2,(H,17,18,19)/t9-,10-/m1/s1. The maximum atomic E-state index is 12.7. The molecule has 1 N–H and O–H groups in total. The molecule has 0 aromatic carbocycles. The van der Waals surface area contributed by atoms with Gasteiger partial charge in [-0.3, -0.25) is 4.79 Å². The number of carbonyl (C=O) groups is 1. The largest absolute Gasteiger partial charge is 0.391 e. The molecule has 0 bridgehead atoms. The number of aromatic nitrogens is 1. The van der Waals surface area contributed by atoms with Crippen LogP contribution in [0.3, 0.4) is 0 Å². The molecule has 0 radical (unpaired) electrons. The van der Waals surface area contributed by atoms with Gasteiger partial charge >= 0.3 is 6.18 Å². The fourth-order valence-corrected chi connectivity index (χ4v) is 2.39. The summed E-state index contributed by atoms with van der Waals surface area (Å²) in [6, 6.07) is 5.03. The third kappa shape index (κ3) is 3.68. The van der Waals surface area contributed by atoms with Gasteiger partial charge in [0.05, 0.1) is 5.92 Å². The van der Waals surface area contributed by atoms with Crippen LogP contribution in [0, 0.1) is 11.8 Å². The van der Waals surface area contributed by atoms with Crippen LogP contribution < -0.4 is 5.32 Å². The van der Waals surface area contributed by atoms with Crippen LogP contribution in [0.15, 0.2) is 24.4 Å². The summed E-state index contributed by atoms with van der Waals surface area (Å²) in [5, 5.41) is 2.57. The normalized spacial score (nSPS) is 23.9. The van der Waals surface area contributed by atoms with E-state index in [0.717, 1.165) is 0 Å². The van der Waals surface area contributed by atoms with Crippen LogP contribution in [0.5, 0.6) is 0 Å².